The lowest BCUT2D eigenvalue weighted by molar-refractivity contribution is 0.669. The maximum Gasteiger partial charge on any atom is 0.163 e. The summed E-state index contributed by atoms with van der Waals surface area (Å²) in [6.45, 7) is 0. The van der Waals surface area contributed by atoms with Crippen molar-refractivity contribution in [2.75, 3.05) is 0 Å². The van der Waals surface area contributed by atoms with E-state index in [4.69, 9.17) is 14.4 Å². The van der Waals surface area contributed by atoms with E-state index >= 15 is 0 Å². The predicted octanol–water partition coefficient (Wildman–Crippen LogP) is 13.4. The Kier molecular flexibility index (Phi) is 6.53. The summed E-state index contributed by atoms with van der Waals surface area (Å²) in [7, 11) is 0. The highest BCUT2D eigenvalue weighted by Crippen LogP contribution is 2.48. The molecule has 59 heavy (non-hydrogen) atoms. The van der Waals surface area contributed by atoms with Crippen molar-refractivity contribution in [2.45, 2.75) is 12.3 Å². The number of fused-ring (bicyclic) bond motifs is 13. The highest BCUT2D eigenvalue weighted by Gasteiger charge is 2.28. The zero-order valence-electron chi connectivity index (χ0n) is 31.6. The molecule has 0 bridgehead atoms. The molecule has 1 unspecified atom stereocenters. The van der Waals surface area contributed by atoms with E-state index in [1.54, 1.807) is 0 Å². The van der Waals surface area contributed by atoms with Crippen molar-refractivity contribution < 1.29 is 4.42 Å². The van der Waals surface area contributed by atoms with Crippen LogP contribution in [0, 0.1) is 11.3 Å². The average molecular weight is 754 g/mol. The summed E-state index contributed by atoms with van der Waals surface area (Å²) >= 11 is 0. The summed E-state index contributed by atoms with van der Waals surface area (Å²) in [5, 5.41) is 20.0. The Labute approximate surface area is 337 Å². The van der Waals surface area contributed by atoms with Crippen molar-refractivity contribution in [1.82, 2.24) is 18.9 Å². The van der Waals surface area contributed by atoms with Gasteiger partial charge >= 0.3 is 0 Å². The van der Waals surface area contributed by atoms with Gasteiger partial charge in [-0.15, -0.1) is 0 Å². The minimum atomic E-state index is -0.0633. The van der Waals surface area contributed by atoms with Gasteiger partial charge in [0.1, 0.15) is 22.8 Å². The van der Waals surface area contributed by atoms with Crippen LogP contribution in [0.5, 0.6) is 0 Å². The largest absolute Gasteiger partial charge is 0.455 e. The van der Waals surface area contributed by atoms with Gasteiger partial charge in [0, 0.05) is 49.2 Å². The van der Waals surface area contributed by atoms with E-state index < -0.39 is 0 Å². The lowest BCUT2D eigenvalue weighted by Gasteiger charge is -2.18. The number of rotatable bonds is 4. The molecule has 13 rings (SSSR count). The molecule has 7 aromatic carbocycles. The summed E-state index contributed by atoms with van der Waals surface area (Å²) in [5.41, 5.74) is 11.9. The van der Waals surface area contributed by atoms with Crippen molar-refractivity contribution in [1.29, 1.82) is 5.26 Å². The normalized spacial score (nSPS) is 14.4. The van der Waals surface area contributed by atoms with E-state index in [9.17, 15) is 5.26 Å². The molecule has 5 aromatic heterocycles. The van der Waals surface area contributed by atoms with Gasteiger partial charge in [-0.2, -0.15) is 5.26 Å². The molecule has 1 aliphatic carbocycles. The zero-order chi connectivity index (χ0) is 38.8. The minimum Gasteiger partial charge on any atom is -0.455 e. The summed E-state index contributed by atoms with van der Waals surface area (Å²) < 4.78 is 11.8. The number of allylic oxidation sites excluding steroid dienone is 4. The van der Waals surface area contributed by atoms with Crippen LogP contribution in [-0.2, 0) is 0 Å². The van der Waals surface area contributed by atoms with Crippen LogP contribution in [-0.4, -0.2) is 18.9 Å². The topological polar surface area (TPSA) is 72.0 Å². The molecule has 12 aromatic rings. The molecule has 6 nitrogen and oxygen atoms in total. The number of aromatic nitrogens is 4. The number of furan rings is 1. The molecule has 274 valence electrons. The molecule has 1 aliphatic rings. The first-order chi connectivity index (χ1) is 29.3. The maximum atomic E-state index is 10.6. The number of hydrogen-bond donors (Lipinski definition) is 0. The van der Waals surface area contributed by atoms with Gasteiger partial charge in [0.15, 0.2) is 5.82 Å². The highest BCUT2D eigenvalue weighted by atomic mass is 16.3. The zero-order valence-corrected chi connectivity index (χ0v) is 31.6. The molecule has 1 atom stereocenters. The Morgan fingerprint density at radius 3 is 2.08 bits per heavy atom. The lowest BCUT2D eigenvalue weighted by atomic mass is 9.91. The van der Waals surface area contributed by atoms with Gasteiger partial charge in [-0.3, -0.25) is 0 Å². The van der Waals surface area contributed by atoms with Crippen molar-refractivity contribution in [3.63, 3.8) is 0 Å². The van der Waals surface area contributed by atoms with Gasteiger partial charge in [-0.1, -0.05) is 127 Å². The monoisotopic (exact) mass is 753 g/mol. The number of hydrogen-bond acceptors (Lipinski definition) is 4. The van der Waals surface area contributed by atoms with Crippen LogP contribution in [0.25, 0.3) is 110 Å². The Bertz CT molecular complexity index is 3840. The van der Waals surface area contributed by atoms with E-state index in [1.165, 1.54) is 48.9 Å². The first-order valence-electron chi connectivity index (χ1n) is 20.0. The SMILES string of the molecule is N#Cc1c(-c2ccccc2)nc(-c2ccc(-n3c4ccccc4c4c5c6ccccc6n6c7ccccc7c(cc43)c56)c3c2oc2ccccc23)nc1C1C=CC=CC1. The van der Waals surface area contributed by atoms with Crippen molar-refractivity contribution >= 4 is 81.8 Å². The summed E-state index contributed by atoms with van der Waals surface area (Å²) in [6, 6.07) is 53.7. The van der Waals surface area contributed by atoms with Crippen molar-refractivity contribution in [2.24, 2.45) is 0 Å². The quantitative estimate of drug-likeness (QED) is 0.179. The second-order valence-corrected chi connectivity index (χ2v) is 15.5. The first kappa shape index (κ1) is 32.1. The number of benzene rings is 7. The first-order valence-corrected chi connectivity index (χ1v) is 20.0. The Morgan fingerprint density at radius 1 is 0.610 bits per heavy atom. The molecule has 0 saturated carbocycles. The minimum absolute atomic E-state index is 0.0633. The van der Waals surface area contributed by atoms with Crippen molar-refractivity contribution in [3.05, 3.63) is 181 Å². The van der Waals surface area contributed by atoms with Gasteiger partial charge in [-0.25, -0.2) is 9.97 Å². The Balaban J connectivity index is 1.16. The molecule has 0 N–H and O–H groups in total. The average Bonchev–Trinajstić information content (AvgIpc) is 4.05. The van der Waals surface area contributed by atoms with E-state index in [2.05, 4.69) is 130 Å². The standard InChI is InChI=1S/C53H31N5O/c54-30-39-49(31-15-3-1-4-16-31)55-53(56-50(39)32-17-5-2-6-18-32)37-27-28-43(47-36-22-10-14-26-45(36)59-52(37)47)57-41-24-12-8-20-34(41)46-44(57)29-38-33-19-7-11-23-40(33)58-42-25-13-9-21-35(42)48(46)51(38)58/h1-17,19-29,32H,18H2. The third kappa shape index (κ3) is 4.33. The van der Waals surface area contributed by atoms with Crippen molar-refractivity contribution in [3.8, 4) is 34.4 Å². The maximum absolute atomic E-state index is 10.6. The molecule has 0 amide bonds. The van der Waals surface area contributed by atoms with E-state index in [0.29, 0.717) is 28.4 Å². The summed E-state index contributed by atoms with van der Waals surface area (Å²) in [5.74, 6) is 0.463. The molecule has 0 radical (unpaired) electrons. The number of nitriles is 1. The van der Waals surface area contributed by atoms with Crippen LogP contribution in [0.4, 0.5) is 0 Å². The number of nitrogens with zero attached hydrogens (tertiary/aromatic N) is 5. The lowest BCUT2D eigenvalue weighted by Crippen LogP contribution is -2.08. The van der Waals surface area contributed by atoms with Gasteiger partial charge < -0.3 is 13.4 Å². The third-order valence-corrected chi connectivity index (χ3v) is 12.4. The summed E-state index contributed by atoms with van der Waals surface area (Å²) in [6.07, 6.45) is 9.09. The second kappa shape index (κ2) is 12.0. The van der Waals surface area contributed by atoms with Crippen LogP contribution in [0.3, 0.4) is 0 Å². The van der Waals surface area contributed by atoms with Crippen LogP contribution >= 0.6 is 0 Å². The molecule has 6 heteroatoms. The molecular weight excluding hydrogens is 723 g/mol. The predicted molar refractivity (Wildman–Crippen MR) is 240 cm³/mol. The Hall–Kier alpha value is -8.01. The molecule has 5 heterocycles. The van der Waals surface area contributed by atoms with Gasteiger partial charge in [-0.05, 0) is 48.9 Å². The van der Waals surface area contributed by atoms with Crippen LogP contribution < -0.4 is 0 Å². The third-order valence-electron chi connectivity index (χ3n) is 12.4. The van der Waals surface area contributed by atoms with Crippen LogP contribution in [0.15, 0.2) is 174 Å². The Morgan fingerprint density at radius 2 is 1.31 bits per heavy atom. The van der Waals surface area contributed by atoms with Gasteiger partial charge in [0.25, 0.3) is 0 Å². The van der Waals surface area contributed by atoms with Gasteiger partial charge in [0.2, 0.25) is 0 Å². The smallest absolute Gasteiger partial charge is 0.163 e. The molecule has 0 saturated heterocycles. The molecule has 0 fully saturated rings. The van der Waals surface area contributed by atoms with Crippen LogP contribution in [0.2, 0.25) is 0 Å². The van der Waals surface area contributed by atoms with Crippen LogP contribution in [0.1, 0.15) is 23.6 Å². The summed E-state index contributed by atoms with van der Waals surface area (Å²) in [4.78, 5) is 10.5. The van der Waals surface area contributed by atoms with E-state index in [-0.39, 0.29) is 5.92 Å². The van der Waals surface area contributed by atoms with E-state index in [1.807, 2.05) is 54.6 Å². The molecule has 0 spiro atoms. The van der Waals surface area contributed by atoms with Gasteiger partial charge in [0.05, 0.1) is 55.6 Å². The fourth-order valence-corrected chi connectivity index (χ4v) is 9.96. The van der Waals surface area contributed by atoms with E-state index in [0.717, 1.165) is 50.6 Å². The highest BCUT2D eigenvalue weighted by molar-refractivity contribution is 6.36. The fraction of sp³-hybridized carbons (Fsp3) is 0.0377. The second-order valence-electron chi connectivity index (χ2n) is 15.5. The fourth-order valence-electron chi connectivity index (χ4n) is 9.96. The molecular formula is C53H31N5O. The molecule has 0 aliphatic heterocycles. The number of para-hydroxylation sites is 4.